The summed E-state index contributed by atoms with van der Waals surface area (Å²) in [6.07, 6.45) is 25.9. The maximum absolute atomic E-state index is 13.4. The number of ether oxygens (including phenoxy) is 6. The fourth-order valence-corrected chi connectivity index (χ4v) is 13.4. The second-order valence-electron chi connectivity index (χ2n) is 27.9. The van der Waals surface area contributed by atoms with E-state index in [0.29, 0.717) is 12.8 Å². The molecule has 0 saturated carbocycles. The average molecular weight is 1380 g/mol. The van der Waals surface area contributed by atoms with E-state index in [0.717, 1.165) is 51.9 Å². The molecule has 3 aliphatic rings. The minimum Gasteiger partial charge on any atom is -0.477 e. The Hall–Kier alpha value is -2.53. The van der Waals surface area contributed by atoms with E-state index >= 15 is 0 Å². The second-order valence-corrected chi connectivity index (χ2v) is 27.9. The Bertz CT molecular complexity index is 1980. The Labute approximate surface area is 575 Å². The third kappa shape index (κ3) is 34.4. The fraction of sp³-hybridized carbons (Fsp3) is 0.932. The molecular weight excluding hydrogens is 1240 g/mol. The molecule has 3 heterocycles. The van der Waals surface area contributed by atoms with Gasteiger partial charge in [-0.15, -0.1) is 0 Å². The molecule has 0 bridgehead atoms. The number of allylic oxidation sites excluding steroid dienone is 1. The lowest BCUT2D eigenvalue weighted by Crippen LogP contribution is -2.70. The fourth-order valence-electron chi connectivity index (χ4n) is 13.4. The number of hydrogen-bond donors (Lipinski definition) is 14. The summed E-state index contributed by atoms with van der Waals surface area (Å²) in [5.74, 6) is -6.14. The Kier molecular flexibility index (Phi) is 48.7. The summed E-state index contributed by atoms with van der Waals surface area (Å²) in [5, 5.41) is 136. The second kappa shape index (κ2) is 53.3. The van der Waals surface area contributed by atoms with Crippen molar-refractivity contribution in [2.24, 2.45) is 0 Å². The van der Waals surface area contributed by atoms with E-state index in [4.69, 9.17) is 28.4 Å². The van der Waals surface area contributed by atoms with Crippen LogP contribution in [0.3, 0.4) is 0 Å². The molecule has 3 aliphatic heterocycles. The Morgan fingerprint density at radius 1 is 0.542 bits per heavy atom. The molecule has 3 saturated heterocycles. The molecule has 23 nitrogen and oxygen atoms in total. The first-order valence-electron chi connectivity index (χ1n) is 38.1. The monoisotopic (exact) mass is 1380 g/mol. The topological polar surface area (TPSA) is 373 Å². The van der Waals surface area contributed by atoms with Gasteiger partial charge in [0, 0.05) is 19.8 Å². The van der Waals surface area contributed by atoms with E-state index in [-0.39, 0.29) is 12.3 Å². The highest BCUT2D eigenvalue weighted by Gasteiger charge is 2.60. The summed E-state index contributed by atoms with van der Waals surface area (Å²) < 4.78 is 34.8. The van der Waals surface area contributed by atoms with Crippen molar-refractivity contribution in [1.82, 2.24) is 10.6 Å². The maximum Gasteiger partial charge on any atom is 0.364 e. The molecule has 0 aromatic rings. The van der Waals surface area contributed by atoms with Crippen molar-refractivity contribution in [3.8, 4) is 0 Å². The highest BCUT2D eigenvalue weighted by molar-refractivity contribution is 5.77. The largest absolute Gasteiger partial charge is 0.477 e. The molecule has 96 heavy (non-hydrogen) atoms. The van der Waals surface area contributed by atoms with Gasteiger partial charge >= 0.3 is 5.97 Å². The number of nitrogens with one attached hydrogen (secondary N) is 2. The third-order valence-corrected chi connectivity index (χ3v) is 19.5. The van der Waals surface area contributed by atoms with Crippen molar-refractivity contribution in [2.75, 3.05) is 26.4 Å². The SMILES string of the molecule is CCCCCCCCCC/C=C/C(O)C(COC1OC(CO)C(OC2OC(CO)C(O)C(OC3(C(=O)O)CC(O)C(NC(C)=O)C(C(O)C(O)CO)O3)C2O)C(O)C1O)NC(=O)CCCCCCCCCCCCCCCCCCCCCCCCCCCCCCCCCC. The van der Waals surface area contributed by atoms with Crippen LogP contribution in [-0.2, 0) is 42.8 Å². The quantitative estimate of drug-likeness (QED) is 0.0200. The van der Waals surface area contributed by atoms with Crippen molar-refractivity contribution in [3.05, 3.63) is 12.2 Å². The first-order valence-corrected chi connectivity index (χ1v) is 38.1. The van der Waals surface area contributed by atoms with Crippen LogP contribution in [0.1, 0.15) is 297 Å². The van der Waals surface area contributed by atoms with Gasteiger partial charge in [-0.1, -0.05) is 270 Å². The van der Waals surface area contributed by atoms with Crippen LogP contribution in [0.25, 0.3) is 0 Å². The molecule has 18 atom stereocenters. The first-order chi connectivity index (χ1) is 46.4. The number of rotatable bonds is 59. The van der Waals surface area contributed by atoms with E-state index in [1.165, 1.54) is 205 Å². The predicted octanol–water partition coefficient (Wildman–Crippen LogP) is 8.63. The summed E-state index contributed by atoms with van der Waals surface area (Å²) in [5.41, 5.74) is 0. The van der Waals surface area contributed by atoms with Gasteiger partial charge in [-0.05, 0) is 19.3 Å². The van der Waals surface area contributed by atoms with Crippen molar-refractivity contribution in [1.29, 1.82) is 0 Å². The molecule has 3 fully saturated rings. The van der Waals surface area contributed by atoms with Gasteiger partial charge in [0.2, 0.25) is 11.8 Å². The number of hydrogen-bond acceptors (Lipinski definition) is 20. The molecule has 564 valence electrons. The summed E-state index contributed by atoms with van der Waals surface area (Å²) in [6, 6.07) is -2.61. The number of unbranched alkanes of at least 4 members (excludes halogenated alkanes) is 39. The summed E-state index contributed by atoms with van der Waals surface area (Å²) in [6.45, 7) is 2.13. The molecule has 23 heteroatoms. The summed E-state index contributed by atoms with van der Waals surface area (Å²) >= 11 is 0. The lowest BCUT2D eigenvalue weighted by molar-refractivity contribution is -0.386. The number of aliphatic carboxylic acids is 1. The molecule has 2 amide bonds. The maximum atomic E-state index is 13.4. The average Bonchev–Trinajstić information content (AvgIpc) is 0.761. The van der Waals surface area contributed by atoms with Crippen LogP contribution in [0.2, 0.25) is 0 Å². The van der Waals surface area contributed by atoms with Crippen molar-refractivity contribution in [2.45, 2.75) is 407 Å². The standard InChI is InChI=1S/C73H136N2O21/c1-4-6-8-10-12-14-16-17-18-19-20-21-22-23-24-25-26-27-28-29-30-31-32-33-34-35-36-37-39-41-43-45-47-60(83)75-54(55(80)46-44-42-40-38-15-13-11-9-7-5-2)52-91-70-65(87)64(86)67(59(51-78)93-70)94-71-66(88)69(63(85)58(50-77)92-71)96-73(72(89)90)48-56(81)61(74-53(3)79)68(95-73)62(84)57(82)49-76/h44,46,54-59,61-71,76-78,80-82,84-88H,4-43,45,47-52H2,1-3H3,(H,74,79)(H,75,83)(H,89,90)/b46-44+. The number of amides is 2. The predicted molar refractivity (Wildman–Crippen MR) is 366 cm³/mol. The van der Waals surface area contributed by atoms with Gasteiger partial charge in [0.15, 0.2) is 12.6 Å². The molecule has 0 radical (unpaired) electrons. The van der Waals surface area contributed by atoms with E-state index in [9.17, 15) is 75.7 Å². The number of carboxylic acids is 1. The molecule has 0 aliphatic carbocycles. The molecule has 0 aromatic heterocycles. The summed E-state index contributed by atoms with van der Waals surface area (Å²) in [7, 11) is 0. The van der Waals surface area contributed by atoms with Gasteiger partial charge in [0.1, 0.15) is 67.1 Å². The minimum atomic E-state index is -3.08. The Balaban J connectivity index is 1.44. The van der Waals surface area contributed by atoms with Crippen LogP contribution in [-0.4, -0.2) is 215 Å². The Morgan fingerprint density at radius 3 is 1.39 bits per heavy atom. The number of aliphatic hydroxyl groups excluding tert-OH is 11. The zero-order valence-electron chi connectivity index (χ0n) is 59.2. The Morgan fingerprint density at radius 2 is 0.969 bits per heavy atom. The van der Waals surface area contributed by atoms with E-state index in [1.54, 1.807) is 6.08 Å². The van der Waals surface area contributed by atoms with Gasteiger partial charge in [-0.25, -0.2) is 4.79 Å². The van der Waals surface area contributed by atoms with Crippen molar-refractivity contribution in [3.63, 3.8) is 0 Å². The lowest BCUT2D eigenvalue weighted by atomic mass is 9.88. The number of aliphatic hydroxyl groups is 11. The van der Waals surface area contributed by atoms with Gasteiger partial charge in [0.25, 0.3) is 5.79 Å². The van der Waals surface area contributed by atoms with Crippen LogP contribution < -0.4 is 10.6 Å². The summed E-state index contributed by atoms with van der Waals surface area (Å²) in [4.78, 5) is 38.5. The number of carbonyl (C=O) groups excluding carboxylic acids is 2. The number of carboxylic acid groups (broad SMARTS) is 1. The lowest BCUT2D eigenvalue weighted by Gasteiger charge is -2.50. The van der Waals surface area contributed by atoms with Crippen molar-refractivity contribution >= 4 is 17.8 Å². The number of carbonyl (C=O) groups is 3. The van der Waals surface area contributed by atoms with E-state index in [2.05, 4.69) is 24.5 Å². The van der Waals surface area contributed by atoms with Crippen LogP contribution >= 0.6 is 0 Å². The zero-order chi connectivity index (χ0) is 70.4. The molecule has 0 aromatic carbocycles. The minimum absolute atomic E-state index is 0.205. The van der Waals surface area contributed by atoms with Gasteiger partial charge in [-0.3, -0.25) is 9.59 Å². The first kappa shape index (κ1) is 87.7. The van der Waals surface area contributed by atoms with Crippen LogP contribution in [0.15, 0.2) is 12.2 Å². The van der Waals surface area contributed by atoms with Gasteiger partial charge in [-0.2, -0.15) is 0 Å². The molecule has 14 N–H and O–H groups in total. The normalized spacial score (nSPS) is 27.6. The van der Waals surface area contributed by atoms with E-state index in [1.807, 2.05) is 6.08 Å². The highest BCUT2D eigenvalue weighted by atomic mass is 16.8. The van der Waals surface area contributed by atoms with E-state index < -0.39 is 155 Å². The zero-order valence-corrected chi connectivity index (χ0v) is 59.2. The van der Waals surface area contributed by atoms with Crippen LogP contribution in [0.5, 0.6) is 0 Å². The van der Waals surface area contributed by atoms with Gasteiger partial charge in [0.05, 0.1) is 50.7 Å². The molecule has 0 spiro atoms. The molecule has 3 rings (SSSR count). The highest BCUT2D eigenvalue weighted by Crippen LogP contribution is 2.39. The van der Waals surface area contributed by atoms with Crippen LogP contribution in [0, 0.1) is 0 Å². The third-order valence-electron chi connectivity index (χ3n) is 19.5. The smallest absolute Gasteiger partial charge is 0.364 e. The van der Waals surface area contributed by atoms with Crippen molar-refractivity contribution < 1.29 is 104 Å². The van der Waals surface area contributed by atoms with Crippen LogP contribution in [0.4, 0.5) is 0 Å². The van der Waals surface area contributed by atoms with Gasteiger partial charge < -0.3 is 100 Å². The molecular formula is C73H136N2O21. The molecule has 18 unspecified atom stereocenters.